The van der Waals surface area contributed by atoms with Crippen LogP contribution in [0.3, 0.4) is 0 Å². The first-order valence-corrected chi connectivity index (χ1v) is 12.6. The zero-order chi connectivity index (χ0) is 16.8. The van der Waals surface area contributed by atoms with E-state index in [0.29, 0.717) is 5.41 Å². The molecule has 1 atom stereocenters. The number of rotatable bonds is 4. The van der Waals surface area contributed by atoms with Crippen LogP contribution in [0.4, 0.5) is 0 Å². The largest absolute Gasteiger partial charge is 0.0880 e. The maximum atomic E-state index is 3.55. The quantitative estimate of drug-likeness (QED) is 0.305. The first-order valence-electron chi connectivity index (χ1n) is 9.06. The molecule has 0 aromatic heterocycles. The van der Waals surface area contributed by atoms with Crippen molar-refractivity contribution in [3.8, 4) is 11.8 Å². The van der Waals surface area contributed by atoms with Crippen molar-refractivity contribution in [2.45, 2.75) is 85.9 Å². The smallest absolute Gasteiger partial charge is 0.0771 e. The van der Waals surface area contributed by atoms with E-state index in [1.54, 1.807) is 0 Å². The molecule has 1 rings (SSSR count). The highest BCUT2D eigenvalue weighted by molar-refractivity contribution is 6.84. The number of allylic oxidation sites excluding steroid dienone is 4. The molecule has 22 heavy (non-hydrogen) atoms. The van der Waals surface area contributed by atoms with E-state index in [1.807, 2.05) is 0 Å². The summed E-state index contributed by atoms with van der Waals surface area (Å²) in [6.45, 7) is 16.6. The molecular weight excluding hydrogens is 280 g/mol. The van der Waals surface area contributed by atoms with Crippen molar-refractivity contribution in [1.29, 1.82) is 0 Å². The van der Waals surface area contributed by atoms with Gasteiger partial charge in [-0.1, -0.05) is 84.2 Å². The van der Waals surface area contributed by atoms with Gasteiger partial charge in [-0.15, -0.1) is 0 Å². The van der Waals surface area contributed by atoms with Crippen LogP contribution in [0.1, 0.15) is 66.2 Å². The summed E-state index contributed by atoms with van der Waals surface area (Å²) in [6, 6.07) is 0. The Morgan fingerprint density at radius 2 is 2.00 bits per heavy atom. The van der Waals surface area contributed by atoms with Crippen LogP contribution in [0.25, 0.3) is 0 Å². The Balaban J connectivity index is 2.78. The minimum atomic E-state index is -1.30. The Hall–Kier alpha value is -0.743. The molecule has 0 fully saturated rings. The molecule has 0 radical (unpaired) electrons. The van der Waals surface area contributed by atoms with E-state index in [9.17, 15) is 0 Å². The third-order valence-corrected chi connectivity index (χ3v) is 6.65. The van der Waals surface area contributed by atoms with Gasteiger partial charge in [0.2, 0.25) is 0 Å². The molecule has 1 aliphatic rings. The Morgan fingerprint density at radius 1 is 1.32 bits per heavy atom. The standard InChI is InChI=1S/C21H36Si/c1-8-9-10-11-20(22(5,6)7)17-14-18-12-15-19(16-13-18)21(2,3)4/h11-12,19H,8-10,13,15-16H2,1-7H3/b20-11-. The minimum absolute atomic E-state index is 0.430. The summed E-state index contributed by atoms with van der Waals surface area (Å²) in [4.78, 5) is 0. The van der Waals surface area contributed by atoms with Gasteiger partial charge in [0.05, 0.1) is 8.07 Å². The van der Waals surface area contributed by atoms with Gasteiger partial charge in [-0.05, 0) is 47.8 Å². The summed E-state index contributed by atoms with van der Waals surface area (Å²) in [7, 11) is -1.30. The molecule has 0 aliphatic heterocycles. The van der Waals surface area contributed by atoms with Gasteiger partial charge >= 0.3 is 0 Å². The van der Waals surface area contributed by atoms with Crippen molar-refractivity contribution < 1.29 is 0 Å². The van der Waals surface area contributed by atoms with E-state index in [4.69, 9.17) is 0 Å². The lowest BCUT2D eigenvalue weighted by molar-refractivity contribution is 0.222. The van der Waals surface area contributed by atoms with E-state index < -0.39 is 8.07 Å². The second-order valence-electron chi connectivity index (χ2n) is 8.83. The summed E-state index contributed by atoms with van der Waals surface area (Å²) in [6.07, 6.45) is 12.2. The molecule has 0 heterocycles. The van der Waals surface area contributed by atoms with Crippen LogP contribution in [0.15, 0.2) is 22.9 Å². The molecule has 0 spiro atoms. The van der Waals surface area contributed by atoms with Crippen LogP contribution in [-0.4, -0.2) is 8.07 Å². The molecule has 0 aromatic carbocycles. The number of hydrogen-bond donors (Lipinski definition) is 0. The van der Waals surface area contributed by atoms with Gasteiger partial charge in [-0.3, -0.25) is 0 Å². The molecule has 0 amide bonds. The van der Waals surface area contributed by atoms with E-state index in [-0.39, 0.29) is 0 Å². The highest BCUT2D eigenvalue weighted by atomic mass is 28.3. The molecule has 0 saturated heterocycles. The molecular formula is C21H36Si. The van der Waals surface area contributed by atoms with Gasteiger partial charge in [-0.25, -0.2) is 0 Å². The summed E-state index contributed by atoms with van der Waals surface area (Å²) in [5, 5.41) is 1.44. The summed E-state index contributed by atoms with van der Waals surface area (Å²) in [5.74, 6) is 7.87. The van der Waals surface area contributed by atoms with Crippen LogP contribution in [-0.2, 0) is 0 Å². The van der Waals surface area contributed by atoms with Crippen molar-refractivity contribution in [2.75, 3.05) is 0 Å². The van der Waals surface area contributed by atoms with Gasteiger partial charge in [-0.2, -0.15) is 0 Å². The monoisotopic (exact) mass is 316 g/mol. The van der Waals surface area contributed by atoms with E-state index in [2.05, 4.69) is 71.3 Å². The molecule has 0 saturated carbocycles. The van der Waals surface area contributed by atoms with Gasteiger partial charge in [0.25, 0.3) is 0 Å². The van der Waals surface area contributed by atoms with Crippen LogP contribution in [0.2, 0.25) is 19.6 Å². The number of hydrogen-bond acceptors (Lipinski definition) is 0. The van der Waals surface area contributed by atoms with Gasteiger partial charge in [0.1, 0.15) is 0 Å². The molecule has 0 N–H and O–H groups in total. The van der Waals surface area contributed by atoms with Crippen molar-refractivity contribution >= 4 is 8.07 Å². The Kier molecular flexibility index (Phi) is 7.20. The summed E-state index contributed by atoms with van der Waals surface area (Å²) < 4.78 is 0. The van der Waals surface area contributed by atoms with Crippen LogP contribution in [0.5, 0.6) is 0 Å². The molecule has 1 heteroatoms. The van der Waals surface area contributed by atoms with E-state index in [0.717, 1.165) is 5.92 Å². The van der Waals surface area contributed by atoms with Crippen LogP contribution in [0, 0.1) is 23.2 Å². The second kappa shape index (κ2) is 8.21. The third-order valence-electron chi connectivity index (χ3n) is 4.71. The first kappa shape index (κ1) is 19.3. The summed E-state index contributed by atoms with van der Waals surface area (Å²) in [5.41, 5.74) is 1.80. The molecule has 0 aromatic rings. The fraction of sp³-hybridized carbons (Fsp3) is 0.714. The minimum Gasteiger partial charge on any atom is -0.0771 e. The maximum absolute atomic E-state index is 3.55. The van der Waals surface area contributed by atoms with Crippen LogP contribution >= 0.6 is 0 Å². The lowest BCUT2D eigenvalue weighted by Gasteiger charge is -2.32. The van der Waals surface area contributed by atoms with Crippen molar-refractivity contribution in [3.05, 3.63) is 22.9 Å². The predicted molar refractivity (Wildman–Crippen MR) is 104 cm³/mol. The first-order chi connectivity index (χ1) is 10.1. The highest BCUT2D eigenvalue weighted by Crippen LogP contribution is 2.36. The SMILES string of the molecule is CCCC/C=C(/C#CC1=CCC(C(C)(C)C)CC1)[Si](C)(C)C. The highest BCUT2D eigenvalue weighted by Gasteiger charge is 2.25. The van der Waals surface area contributed by atoms with E-state index in [1.165, 1.54) is 49.3 Å². The van der Waals surface area contributed by atoms with E-state index >= 15 is 0 Å². The Labute approximate surface area is 140 Å². The third kappa shape index (κ3) is 6.57. The second-order valence-corrected chi connectivity index (χ2v) is 13.9. The summed E-state index contributed by atoms with van der Waals surface area (Å²) >= 11 is 0. The van der Waals surface area contributed by atoms with Crippen LogP contribution < -0.4 is 0 Å². The van der Waals surface area contributed by atoms with Gasteiger partial charge in [0.15, 0.2) is 0 Å². The van der Waals surface area contributed by atoms with Crippen molar-refractivity contribution in [2.24, 2.45) is 11.3 Å². The molecule has 124 valence electrons. The fourth-order valence-corrected chi connectivity index (χ4v) is 4.07. The average Bonchev–Trinajstić information content (AvgIpc) is 2.40. The van der Waals surface area contributed by atoms with Crippen molar-refractivity contribution in [1.82, 2.24) is 0 Å². The Morgan fingerprint density at radius 3 is 2.45 bits per heavy atom. The lowest BCUT2D eigenvalue weighted by Crippen LogP contribution is -2.23. The normalized spacial score (nSPS) is 20.2. The van der Waals surface area contributed by atoms with Gasteiger partial charge in [0, 0.05) is 0 Å². The van der Waals surface area contributed by atoms with Crippen molar-refractivity contribution in [3.63, 3.8) is 0 Å². The molecule has 0 bridgehead atoms. The average molecular weight is 317 g/mol. The molecule has 0 nitrogen and oxygen atoms in total. The maximum Gasteiger partial charge on any atom is 0.0880 e. The molecule has 1 unspecified atom stereocenters. The fourth-order valence-electron chi connectivity index (χ4n) is 2.88. The zero-order valence-corrected chi connectivity index (χ0v) is 17.0. The predicted octanol–water partition coefficient (Wildman–Crippen LogP) is 6.76. The zero-order valence-electron chi connectivity index (χ0n) is 16.0. The topological polar surface area (TPSA) is 0 Å². The lowest BCUT2D eigenvalue weighted by atomic mass is 9.73. The molecule has 1 aliphatic carbocycles. The number of unbranched alkanes of at least 4 members (excludes halogenated alkanes) is 2. The Bertz CT molecular complexity index is 469. The van der Waals surface area contributed by atoms with Gasteiger partial charge < -0.3 is 0 Å².